The normalized spacial score (nSPS) is 29.3. The van der Waals surface area contributed by atoms with Crippen molar-refractivity contribution in [2.45, 2.75) is 62.4 Å². The molecule has 1 saturated heterocycles. The zero-order valence-electron chi connectivity index (χ0n) is 18.1. The molecule has 3 atom stereocenters. The molecule has 1 amide bonds. The molecule has 2 aromatic heterocycles. The van der Waals surface area contributed by atoms with Gasteiger partial charge < -0.3 is 10.4 Å². The van der Waals surface area contributed by atoms with Crippen LogP contribution in [-0.4, -0.2) is 38.5 Å². The number of aromatic nitrogens is 2. The van der Waals surface area contributed by atoms with Gasteiger partial charge in [0.1, 0.15) is 22.4 Å². The van der Waals surface area contributed by atoms with Gasteiger partial charge in [-0.15, -0.1) is 0 Å². The van der Waals surface area contributed by atoms with Gasteiger partial charge in [0.25, 0.3) is 0 Å². The number of carbonyl (C=O) groups excluding carboxylic acids is 1. The van der Waals surface area contributed by atoms with E-state index in [4.69, 9.17) is 23.2 Å². The third kappa shape index (κ3) is 3.03. The number of halogens is 3. The van der Waals surface area contributed by atoms with Gasteiger partial charge in [0.2, 0.25) is 5.91 Å². The molecule has 1 saturated carbocycles. The zero-order chi connectivity index (χ0) is 23.8. The molecule has 33 heavy (non-hydrogen) atoms. The summed E-state index contributed by atoms with van der Waals surface area (Å²) in [5.74, 6) is -3.22. The Bertz CT molecular complexity index is 1180. The molecule has 2 aromatic rings. The van der Waals surface area contributed by atoms with Gasteiger partial charge in [-0.3, -0.25) is 14.9 Å². The van der Waals surface area contributed by atoms with Crippen LogP contribution in [0.2, 0.25) is 10.3 Å². The highest BCUT2D eigenvalue weighted by Gasteiger charge is 2.73. The highest BCUT2D eigenvalue weighted by molar-refractivity contribution is 6.30. The number of anilines is 1. The van der Waals surface area contributed by atoms with E-state index in [-0.39, 0.29) is 27.1 Å². The van der Waals surface area contributed by atoms with Crippen LogP contribution < -0.4 is 10.6 Å². The highest BCUT2D eigenvalue weighted by Crippen LogP contribution is 2.63. The fourth-order valence-corrected chi connectivity index (χ4v) is 6.50. The number of rotatable bonds is 2. The number of amides is 1. The topological polar surface area (TPSA) is 104 Å². The van der Waals surface area contributed by atoms with Crippen molar-refractivity contribution in [1.82, 2.24) is 15.3 Å². The Balaban J connectivity index is 1.83. The lowest BCUT2D eigenvalue weighted by Gasteiger charge is -2.50. The lowest BCUT2D eigenvalue weighted by atomic mass is 9.53. The second-order valence-electron chi connectivity index (χ2n) is 9.98. The zero-order valence-corrected chi connectivity index (χ0v) is 19.6. The number of pyridine rings is 2. The van der Waals surface area contributed by atoms with Crippen molar-refractivity contribution in [3.63, 3.8) is 0 Å². The van der Waals surface area contributed by atoms with E-state index in [0.29, 0.717) is 18.4 Å². The van der Waals surface area contributed by atoms with Crippen LogP contribution in [0.3, 0.4) is 0 Å². The van der Waals surface area contributed by atoms with Crippen LogP contribution in [0.15, 0.2) is 24.4 Å². The van der Waals surface area contributed by atoms with Crippen LogP contribution in [0.4, 0.5) is 10.2 Å². The predicted molar refractivity (Wildman–Crippen MR) is 121 cm³/mol. The fraction of sp³-hybridized carbons (Fsp3) is 0.478. The Labute approximate surface area is 200 Å². The maximum Gasteiger partial charge on any atom is 0.321 e. The number of hydrogen-bond acceptors (Lipinski definition) is 5. The summed E-state index contributed by atoms with van der Waals surface area (Å²) in [5, 5.41) is 16.2. The van der Waals surface area contributed by atoms with Gasteiger partial charge >= 0.3 is 5.97 Å². The summed E-state index contributed by atoms with van der Waals surface area (Å²) in [6.45, 7) is 4.31. The SMILES string of the molecule is CC1(C)CCC2(CC1)N[C@@H](C(=O)O)[C@H](c1ccnc(Cl)c1F)[C@]21C(=O)Nc2nc(Cl)ccc21. The lowest BCUT2D eigenvalue weighted by Crippen LogP contribution is -2.61. The van der Waals surface area contributed by atoms with Gasteiger partial charge in [-0.25, -0.2) is 14.4 Å². The van der Waals surface area contributed by atoms with Gasteiger partial charge in [0.05, 0.1) is 0 Å². The van der Waals surface area contributed by atoms with Crippen LogP contribution in [-0.2, 0) is 15.0 Å². The van der Waals surface area contributed by atoms with Gasteiger partial charge in [-0.1, -0.05) is 43.1 Å². The summed E-state index contributed by atoms with van der Waals surface area (Å²) < 4.78 is 15.4. The average Bonchev–Trinajstić information content (AvgIpc) is 3.20. The van der Waals surface area contributed by atoms with E-state index in [1.54, 1.807) is 12.1 Å². The second-order valence-corrected chi connectivity index (χ2v) is 10.7. The van der Waals surface area contributed by atoms with E-state index < -0.39 is 40.6 Å². The number of nitrogens with one attached hydrogen (secondary N) is 2. The van der Waals surface area contributed by atoms with Crippen LogP contribution >= 0.6 is 23.2 Å². The number of aliphatic carboxylic acids is 1. The van der Waals surface area contributed by atoms with E-state index in [1.807, 2.05) is 0 Å². The molecular weight excluding hydrogens is 470 g/mol. The number of hydrogen-bond donors (Lipinski definition) is 3. The molecule has 3 aliphatic rings. The minimum atomic E-state index is -1.43. The summed E-state index contributed by atoms with van der Waals surface area (Å²) in [6, 6.07) is 3.45. The maximum absolute atomic E-state index is 15.4. The molecule has 1 aliphatic carbocycles. The number of carbonyl (C=O) groups is 2. The number of nitrogens with zero attached hydrogens (tertiary/aromatic N) is 2. The van der Waals surface area contributed by atoms with Crippen LogP contribution in [0.25, 0.3) is 0 Å². The first-order chi connectivity index (χ1) is 15.5. The van der Waals surface area contributed by atoms with Crippen molar-refractivity contribution in [3.05, 3.63) is 51.6 Å². The molecule has 2 fully saturated rings. The lowest BCUT2D eigenvalue weighted by molar-refractivity contribution is -0.139. The summed E-state index contributed by atoms with van der Waals surface area (Å²) in [5.41, 5.74) is -1.76. The van der Waals surface area contributed by atoms with Gasteiger partial charge in [-0.05, 0) is 48.8 Å². The average molecular weight is 493 g/mol. The summed E-state index contributed by atoms with van der Waals surface area (Å²) >= 11 is 12.1. The van der Waals surface area contributed by atoms with E-state index in [9.17, 15) is 14.7 Å². The summed E-state index contributed by atoms with van der Waals surface area (Å²) in [7, 11) is 0. The molecule has 0 bridgehead atoms. The molecule has 7 nitrogen and oxygen atoms in total. The van der Waals surface area contributed by atoms with Crippen molar-refractivity contribution in [2.24, 2.45) is 5.41 Å². The first-order valence-corrected chi connectivity index (χ1v) is 11.6. The van der Waals surface area contributed by atoms with Crippen molar-refractivity contribution < 1.29 is 19.1 Å². The maximum atomic E-state index is 15.4. The Morgan fingerprint density at radius 2 is 1.88 bits per heavy atom. The molecule has 0 unspecified atom stereocenters. The second kappa shape index (κ2) is 7.35. The standard InChI is InChI=1S/C23H23Cl2FN4O3/c1-21(2)6-8-22(9-7-21)23(12-3-4-13(24)28-18(12)29-20(23)33)14(16(30-22)19(31)32)11-5-10-27-17(25)15(11)26/h3-5,10,14,16,30H,6-9H2,1-2H3,(H,31,32)(H,28,29,33)/t14-,16+,23+/m0/s1. The van der Waals surface area contributed by atoms with Gasteiger partial charge in [-0.2, -0.15) is 0 Å². The highest BCUT2D eigenvalue weighted by atomic mass is 35.5. The van der Waals surface area contributed by atoms with E-state index >= 15 is 4.39 Å². The van der Waals surface area contributed by atoms with E-state index in [1.165, 1.54) is 12.3 Å². The molecule has 3 N–H and O–H groups in total. The number of carboxylic acid groups (broad SMARTS) is 1. The quantitative estimate of drug-likeness (QED) is 0.540. The van der Waals surface area contributed by atoms with Crippen LogP contribution in [0.5, 0.6) is 0 Å². The van der Waals surface area contributed by atoms with E-state index in [2.05, 4.69) is 34.4 Å². The Hall–Kier alpha value is -2.29. The Kier molecular flexibility index (Phi) is 5.01. The fourth-order valence-electron chi connectivity index (χ4n) is 6.19. The Morgan fingerprint density at radius 3 is 2.55 bits per heavy atom. The minimum Gasteiger partial charge on any atom is -0.480 e. The first-order valence-electron chi connectivity index (χ1n) is 10.8. The number of fused-ring (bicyclic) bond motifs is 3. The Morgan fingerprint density at radius 1 is 1.18 bits per heavy atom. The summed E-state index contributed by atoms with van der Waals surface area (Å²) in [4.78, 5) is 34.6. The minimum absolute atomic E-state index is 0.0340. The van der Waals surface area contributed by atoms with Gasteiger partial charge in [0, 0.05) is 23.2 Å². The molecule has 2 spiro atoms. The monoisotopic (exact) mass is 492 g/mol. The van der Waals surface area contributed by atoms with Crippen molar-refractivity contribution >= 4 is 40.9 Å². The smallest absolute Gasteiger partial charge is 0.321 e. The van der Waals surface area contributed by atoms with Crippen LogP contribution in [0, 0.1) is 11.2 Å². The largest absolute Gasteiger partial charge is 0.480 e. The first kappa shape index (κ1) is 22.5. The molecule has 10 heteroatoms. The molecule has 2 aliphatic heterocycles. The van der Waals surface area contributed by atoms with Gasteiger partial charge in [0.15, 0.2) is 11.0 Å². The molecule has 5 rings (SSSR count). The van der Waals surface area contributed by atoms with Crippen LogP contribution in [0.1, 0.15) is 56.6 Å². The number of carboxylic acids is 1. The van der Waals surface area contributed by atoms with Crippen molar-refractivity contribution in [3.8, 4) is 0 Å². The third-order valence-corrected chi connectivity index (χ3v) is 8.27. The third-order valence-electron chi connectivity index (χ3n) is 7.80. The summed E-state index contributed by atoms with van der Waals surface area (Å²) in [6.07, 6.45) is 3.94. The predicted octanol–water partition coefficient (Wildman–Crippen LogP) is 4.29. The molecule has 4 heterocycles. The molecule has 174 valence electrons. The molecule has 0 radical (unpaired) electrons. The van der Waals surface area contributed by atoms with Crippen molar-refractivity contribution in [2.75, 3.05) is 5.32 Å². The van der Waals surface area contributed by atoms with Crippen molar-refractivity contribution in [1.29, 1.82) is 0 Å². The molecule has 0 aromatic carbocycles. The van der Waals surface area contributed by atoms with E-state index in [0.717, 1.165) is 12.8 Å². The molecular formula is C23H23Cl2FN4O3.